The quantitative estimate of drug-likeness (QED) is 0.833. The van der Waals surface area contributed by atoms with Crippen LogP contribution in [-0.4, -0.2) is 5.91 Å². The number of nitrogen functional groups attached to an aromatic ring is 1. The maximum atomic E-state index is 12.9. The molecule has 0 radical (unpaired) electrons. The molecule has 1 amide bonds. The van der Waals surface area contributed by atoms with Crippen LogP contribution in [0.2, 0.25) is 5.02 Å². The van der Waals surface area contributed by atoms with Gasteiger partial charge in [-0.05, 0) is 36.4 Å². The van der Waals surface area contributed by atoms with Crippen LogP contribution in [0.4, 0.5) is 15.8 Å². The summed E-state index contributed by atoms with van der Waals surface area (Å²) in [6, 6.07) is 9.90. The first-order valence-electron chi connectivity index (χ1n) is 5.57. The summed E-state index contributed by atoms with van der Waals surface area (Å²) >= 11 is 5.93. The van der Waals surface area contributed by atoms with E-state index in [1.807, 2.05) is 6.07 Å². The van der Waals surface area contributed by atoms with Crippen LogP contribution in [0.3, 0.4) is 0 Å². The highest BCUT2D eigenvalue weighted by molar-refractivity contribution is 6.34. The first kappa shape index (κ1) is 13.8. The Morgan fingerprint density at radius 2 is 2.05 bits per heavy atom. The average molecular weight is 290 g/mol. The van der Waals surface area contributed by atoms with Gasteiger partial charge in [0.1, 0.15) is 5.82 Å². The van der Waals surface area contributed by atoms with Crippen molar-refractivity contribution >= 4 is 28.9 Å². The Kier molecular flexibility index (Phi) is 3.87. The van der Waals surface area contributed by atoms with E-state index in [1.165, 1.54) is 24.3 Å². The highest BCUT2D eigenvalue weighted by Crippen LogP contribution is 2.24. The molecule has 2 rings (SSSR count). The molecule has 0 atom stereocenters. The fourth-order valence-electron chi connectivity index (χ4n) is 1.62. The fourth-order valence-corrected chi connectivity index (χ4v) is 1.79. The van der Waals surface area contributed by atoms with Crippen LogP contribution in [0, 0.1) is 17.1 Å². The SMILES string of the molecule is N#Cc1ccc(Cl)c(NC(=O)c2ccc(F)cc2N)c1. The van der Waals surface area contributed by atoms with Gasteiger partial charge in [0.15, 0.2) is 0 Å². The molecule has 2 aromatic carbocycles. The minimum atomic E-state index is -0.528. The molecule has 3 N–H and O–H groups in total. The Bertz CT molecular complexity index is 725. The standard InChI is InChI=1S/C14H9ClFN3O/c15-11-4-1-8(7-17)5-13(11)19-14(20)10-3-2-9(16)6-12(10)18/h1-6H,18H2,(H,19,20). The molecule has 0 aliphatic heterocycles. The Labute approximate surface area is 119 Å². The molecule has 2 aromatic rings. The van der Waals surface area contributed by atoms with Crippen LogP contribution in [0.1, 0.15) is 15.9 Å². The number of benzene rings is 2. The normalized spacial score (nSPS) is 9.85. The number of nitrogens with two attached hydrogens (primary N) is 1. The predicted octanol–water partition coefficient (Wildman–Crippen LogP) is 3.19. The molecule has 0 aliphatic rings. The molecular formula is C14H9ClFN3O. The van der Waals surface area contributed by atoms with Crippen molar-refractivity contribution in [2.24, 2.45) is 0 Å². The number of rotatable bonds is 2. The number of carbonyl (C=O) groups is 1. The second kappa shape index (κ2) is 5.59. The molecule has 0 fully saturated rings. The first-order valence-corrected chi connectivity index (χ1v) is 5.95. The van der Waals surface area contributed by atoms with Crippen molar-refractivity contribution in [3.8, 4) is 6.07 Å². The number of nitriles is 1. The van der Waals surface area contributed by atoms with E-state index in [-0.39, 0.29) is 16.3 Å². The summed E-state index contributed by atoms with van der Waals surface area (Å²) in [5.41, 5.74) is 6.39. The zero-order valence-corrected chi connectivity index (χ0v) is 10.9. The van der Waals surface area contributed by atoms with Gasteiger partial charge < -0.3 is 11.1 Å². The maximum absolute atomic E-state index is 12.9. The predicted molar refractivity (Wildman–Crippen MR) is 74.9 cm³/mol. The van der Waals surface area contributed by atoms with E-state index in [9.17, 15) is 9.18 Å². The van der Waals surface area contributed by atoms with Gasteiger partial charge in [-0.3, -0.25) is 4.79 Å². The molecule has 0 heterocycles. The number of carbonyl (C=O) groups excluding carboxylic acids is 1. The van der Waals surface area contributed by atoms with Gasteiger partial charge in [0.2, 0.25) is 0 Å². The van der Waals surface area contributed by atoms with Gasteiger partial charge in [-0.1, -0.05) is 11.6 Å². The molecule has 0 saturated heterocycles. The lowest BCUT2D eigenvalue weighted by atomic mass is 10.1. The number of hydrogen-bond donors (Lipinski definition) is 2. The van der Waals surface area contributed by atoms with Crippen molar-refractivity contribution in [1.29, 1.82) is 5.26 Å². The Hall–Kier alpha value is -2.58. The summed E-state index contributed by atoms with van der Waals surface area (Å²) < 4.78 is 12.9. The highest BCUT2D eigenvalue weighted by Gasteiger charge is 2.12. The van der Waals surface area contributed by atoms with E-state index in [0.717, 1.165) is 12.1 Å². The summed E-state index contributed by atoms with van der Waals surface area (Å²) in [6.45, 7) is 0. The molecule has 0 bridgehead atoms. The van der Waals surface area contributed by atoms with Gasteiger partial charge >= 0.3 is 0 Å². The van der Waals surface area contributed by atoms with Gasteiger partial charge in [0.05, 0.1) is 27.9 Å². The third-order valence-corrected chi connectivity index (χ3v) is 2.93. The second-order valence-corrected chi connectivity index (χ2v) is 4.40. The lowest BCUT2D eigenvalue weighted by molar-refractivity contribution is 0.102. The van der Waals surface area contributed by atoms with E-state index in [2.05, 4.69) is 5.32 Å². The molecule has 100 valence electrons. The Balaban J connectivity index is 2.30. The van der Waals surface area contributed by atoms with Gasteiger partial charge in [0, 0.05) is 5.69 Å². The number of halogens is 2. The monoisotopic (exact) mass is 289 g/mol. The summed E-state index contributed by atoms with van der Waals surface area (Å²) in [6.07, 6.45) is 0. The Morgan fingerprint density at radius 1 is 1.30 bits per heavy atom. The van der Waals surface area contributed by atoms with Gasteiger partial charge in [0.25, 0.3) is 5.91 Å². The minimum Gasteiger partial charge on any atom is -0.398 e. The lowest BCUT2D eigenvalue weighted by Gasteiger charge is -2.09. The molecule has 20 heavy (non-hydrogen) atoms. The summed E-state index contributed by atoms with van der Waals surface area (Å²) in [5, 5.41) is 11.6. The fraction of sp³-hybridized carbons (Fsp3) is 0. The zero-order chi connectivity index (χ0) is 14.7. The third-order valence-electron chi connectivity index (χ3n) is 2.60. The van der Waals surface area contributed by atoms with Crippen LogP contribution < -0.4 is 11.1 Å². The number of anilines is 2. The first-order chi connectivity index (χ1) is 9.51. The van der Waals surface area contributed by atoms with E-state index < -0.39 is 11.7 Å². The van der Waals surface area contributed by atoms with Crippen molar-refractivity contribution in [2.75, 3.05) is 11.1 Å². The molecule has 0 unspecified atom stereocenters. The van der Waals surface area contributed by atoms with Gasteiger partial charge in [-0.2, -0.15) is 5.26 Å². The van der Waals surface area contributed by atoms with Crippen molar-refractivity contribution in [3.63, 3.8) is 0 Å². The van der Waals surface area contributed by atoms with E-state index in [1.54, 1.807) is 0 Å². The molecular weight excluding hydrogens is 281 g/mol. The lowest BCUT2D eigenvalue weighted by Crippen LogP contribution is -2.14. The molecule has 4 nitrogen and oxygen atoms in total. The minimum absolute atomic E-state index is 0.0232. The molecule has 0 aliphatic carbocycles. The maximum Gasteiger partial charge on any atom is 0.257 e. The topological polar surface area (TPSA) is 78.9 Å². The third kappa shape index (κ3) is 2.87. The van der Waals surface area contributed by atoms with E-state index >= 15 is 0 Å². The molecule has 0 aromatic heterocycles. The summed E-state index contributed by atoms with van der Waals surface area (Å²) in [4.78, 5) is 12.0. The smallest absolute Gasteiger partial charge is 0.257 e. The van der Waals surface area contributed by atoms with E-state index in [0.29, 0.717) is 11.3 Å². The van der Waals surface area contributed by atoms with Crippen LogP contribution in [0.25, 0.3) is 0 Å². The summed E-state index contributed by atoms with van der Waals surface area (Å²) in [5.74, 6) is -1.05. The van der Waals surface area contributed by atoms with Crippen LogP contribution in [0.5, 0.6) is 0 Å². The van der Waals surface area contributed by atoms with Crippen molar-refractivity contribution in [3.05, 3.63) is 58.4 Å². The van der Waals surface area contributed by atoms with Crippen LogP contribution in [0.15, 0.2) is 36.4 Å². The van der Waals surface area contributed by atoms with Gasteiger partial charge in [-0.25, -0.2) is 4.39 Å². The van der Waals surface area contributed by atoms with Crippen molar-refractivity contribution < 1.29 is 9.18 Å². The molecule has 6 heteroatoms. The van der Waals surface area contributed by atoms with E-state index in [4.69, 9.17) is 22.6 Å². The van der Waals surface area contributed by atoms with Gasteiger partial charge in [-0.15, -0.1) is 0 Å². The van der Waals surface area contributed by atoms with Crippen molar-refractivity contribution in [1.82, 2.24) is 0 Å². The number of hydrogen-bond acceptors (Lipinski definition) is 3. The van der Waals surface area contributed by atoms with Crippen molar-refractivity contribution in [2.45, 2.75) is 0 Å². The number of nitrogens with zero attached hydrogens (tertiary/aromatic N) is 1. The summed E-state index contributed by atoms with van der Waals surface area (Å²) in [7, 11) is 0. The largest absolute Gasteiger partial charge is 0.398 e. The molecule has 0 saturated carbocycles. The number of amides is 1. The zero-order valence-electron chi connectivity index (χ0n) is 10.2. The number of nitrogens with one attached hydrogen (secondary N) is 1. The molecule has 0 spiro atoms. The van der Waals surface area contributed by atoms with Crippen LogP contribution in [-0.2, 0) is 0 Å². The Morgan fingerprint density at radius 3 is 2.70 bits per heavy atom. The van der Waals surface area contributed by atoms with Crippen LogP contribution >= 0.6 is 11.6 Å². The second-order valence-electron chi connectivity index (χ2n) is 3.99. The highest BCUT2D eigenvalue weighted by atomic mass is 35.5. The average Bonchev–Trinajstić information content (AvgIpc) is 2.41.